The third kappa shape index (κ3) is 10.2. The van der Waals surface area contributed by atoms with Gasteiger partial charge in [-0.3, -0.25) is 9.59 Å². The van der Waals surface area contributed by atoms with Gasteiger partial charge >= 0.3 is 5.97 Å². The van der Waals surface area contributed by atoms with E-state index in [0.29, 0.717) is 17.8 Å². The quantitative estimate of drug-likeness (QED) is 0.235. The van der Waals surface area contributed by atoms with E-state index >= 15 is 0 Å². The SMILES string of the molecule is C=C1CCCC/C1=C/C=C1\CCCC2(C)C(CCCCC(=O)NC(C)(C)COC(C)(C)CC(=O)O)CCC12.CC. The van der Waals surface area contributed by atoms with Crippen LogP contribution in [0.15, 0.2) is 35.5 Å². The van der Waals surface area contributed by atoms with E-state index in [1.807, 2.05) is 27.7 Å². The molecule has 2 N–H and O–H groups in total. The highest BCUT2D eigenvalue weighted by Crippen LogP contribution is 2.58. The molecular weight excluding hydrogens is 498 g/mol. The van der Waals surface area contributed by atoms with E-state index in [2.05, 4.69) is 31.0 Å². The summed E-state index contributed by atoms with van der Waals surface area (Å²) in [4.78, 5) is 23.7. The predicted octanol–water partition coefficient (Wildman–Crippen LogP) is 8.94. The number of aliphatic carboxylic acids is 1. The Morgan fingerprint density at radius 2 is 1.75 bits per heavy atom. The molecule has 3 rings (SSSR count). The molecule has 0 aromatic carbocycles. The van der Waals surface area contributed by atoms with Crippen molar-refractivity contribution in [3.8, 4) is 0 Å². The molecule has 3 saturated carbocycles. The summed E-state index contributed by atoms with van der Waals surface area (Å²) in [5.41, 5.74) is 3.58. The third-order valence-electron chi connectivity index (χ3n) is 9.37. The summed E-state index contributed by atoms with van der Waals surface area (Å²) < 4.78 is 5.82. The normalized spacial score (nSPS) is 27.2. The number of allylic oxidation sites excluding steroid dienone is 5. The van der Waals surface area contributed by atoms with Gasteiger partial charge in [0.25, 0.3) is 0 Å². The number of rotatable bonds is 12. The number of hydrogen-bond donors (Lipinski definition) is 2. The molecule has 3 fully saturated rings. The van der Waals surface area contributed by atoms with Crippen LogP contribution in [-0.4, -0.2) is 34.7 Å². The van der Waals surface area contributed by atoms with Gasteiger partial charge in [0.05, 0.1) is 24.2 Å². The van der Waals surface area contributed by atoms with E-state index in [-0.39, 0.29) is 18.9 Å². The number of fused-ring (bicyclic) bond motifs is 1. The van der Waals surface area contributed by atoms with E-state index < -0.39 is 17.1 Å². The van der Waals surface area contributed by atoms with Crippen molar-refractivity contribution < 1.29 is 19.4 Å². The highest BCUT2D eigenvalue weighted by molar-refractivity contribution is 5.76. The fraction of sp³-hybridized carbons (Fsp3) is 0.771. The smallest absolute Gasteiger partial charge is 0.306 e. The van der Waals surface area contributed by atoms with Gasteiger partial charge in [-0.15, -0.1) is 0 Å². The van der Waals surface area contributed by atoms with Crippen molar-refractivity contribution in [1.82, 2.24) is 5.32 Å². The number of carbonyl (C=O) groups is 2. The third-order valence-corrected chi connectivity index (χ3v) is 9.37. The molecule has 0 aromatic rings. The number of nitrogens with one attached hydrogen (secondary N) is 1. The first-order valence-corrected chi connectivity index (χ1v) is 16.1. The summed E-state index contributed by atoms with van der Waals surface area (Å²) in [6.45, 7) is 18.5. The Morgan fingerprint density at radius 3 is 2.42 bits per heavy atom. The second kappa shape index (κ2) is 15.4. The largest absolute Gasteiger partial charge is 0.481 e. The zero-order chi connectivity index (χ0) is 30.0. The lowest BCUT2D eigenvalue weighted by molar-refractivity contribution is -0.145. The molecule has 3 unspecified atom stereocenters. The van der Waals surface area contributed by atoms with Crippen molar-refractivity contribution in [1.29, 1.82) is 0 Å². The number of amides is 1. The maximum Gasteiger partial charge on any atom is 0.306 e. The summed E-state index contributed by atoms with van der Waals surface area (Å²) in [7, 11) is 0. The van der Waals surface area contributed by atoms with Crippen molar-refractivity contribution >= 4 is 11.9 Å². The van der Waals surface area contributed by atoms with Crippen LogP contribution in [0.25, 0.3) is 0 Å². The fourth-order valence-electron chi connectivity index (χ4n) is 7.16. The highest BCUT2D eigenvalue weighted by Gasteiger charge is 2.48. The van der Waals surface area contributed by atoms with Gasteiger partial charge < -0.3 is 15.2 Å². The van der Waals surface area contributed by atoms with Gasteiger partial charge in [-0.05, 0) is 121 Å². The number of carboxylic acids is 1. The molecule has 3 atom stereocenters. The van der Waals surface area contributed by atoms with Crippen LogP contribution >= 0.6 is 0 Å². The van der Waals surface area contributed by atoms with E-state index in [0.717, 1.165) is 25.2 Å². The van der Waals surface area contributed by atoms with Crippen LogP contribution < -0.4 is 5.32 Å². The average molecular weight is 558 g/mol. The molecular formula is C35H59NO4. The lowest BCUT2D eigenvalue weighted by atomic mass is 9.62. The van der Waals surface area contributed by atoms with Crippen LogP contribution in [0.2, 0.25) is 0 Å². The number of ether oxygens (including phenoxy) is 1. The van der Waals surface area contributed by atoms with Crippen molar-refractivity contribution in [2.24, 2.45) is 17.3 Å². The van der Waals surface area contributed by atoms with Gasteiger partial charge in [-0.1, -0.05) is 57.1 Å². The summed E-state index contributed by atoms with van der Waals surface area (Å²) in [6, 6.07) is 0. The second-order valence-corrected chi connectivity index (χ2v) is 13.7. The van der Waals surface area contributed by atoms with E-state index in [4.69, 9.17) is 9.84 Å². The maximum atomic E-state index is 12.6. The van der Waals surface area contributed by atoms with Gasteiger partial charge in [0.1, 0.15) is 0 Å². The summed E-state index contributed by atoms with van der Waals surface area (Å²) in [6.07, 6.45) is 19.9. The van der Waals surface area contributed by atoms with Gasteiger partial charge in [0.15, 0.2) is 0 Å². The molecule has 0 saturated heterocycles. The molecule has 0 aromatic heterocycles. The lowest BCUT2D eigenvalue weighted by Gasteiger charge is -2.42. The Hall–Kier alpha value is -1.88. The summed E-state index contributed by atoms with van der Waals surface area (Å²) in [5.74, 6) is 0.621. The first-order chi connectivity index (χ1) is 18.8. The Bertz CT molecular complexity index is 928. The first-order valence-electron chi connectivity index (χ1n) is 16.1. The number of carbonyl (C=O) groups excluding carboxylic acids is 1. The molecule has 228 valence electrons. The lowest BCUT2D eigenvalue weighted by Crippen LogP contribution is -2.48. The first kappa shape index (κ1) is 34.3. The van der Waals surface area contributed by atoms with Crippen LogP contribution in [0.5, 0.6) is 0 Å². The van der Waals surface area contributed by atoms with Crippen LogP contribution in [0.3, 0.4) is 0 Å². The molecule has 3 aliphatic carbocycles. The molecule has 40 heavy (non-hydrogen) atoms. The molecule has 3 aliphatic rings. The second-order valence-electron chi connectivity index (χ2n) is 13.7. The minimum Gasteiger partial charge on any atom is -0.481 e. The number of carboxylic acid groups (broad SMARTS) is 1. The van der Waals surface area contributed by atoms with Gasteiger partial charge in [-0.25, -0.2) is 0 Å². The van der Waals surface area contributed by atoms with Gasteiger partial charge in [-0.2, -0.15) is 0 Å². The van der Waals surface area contributed by atoms with Crippen molar-refractivity contribution in [2.75, 3.05) is 6.61 Å². The summed E-state index contributed by atoms with van der Waals surface area (Å²) >= 11 is 0. The molecule has 5 heteroatoms. The molecule has 0 radical (unpaired) electrons. The average Bonchev–Trinajstić information content (AvgIpc) is 3.22. The molecule has 0 aliphatic heterocycles. The minimum absolute atomic E-state index is 0.0466. The van der Waals surface area contributed by atoms with Gasteiger partial charge in [0.2, 0.25) is 5.91 Å². The fourth-order valence-corrected chi connectivity index (χ4v) is 7.16. The topological polar surface area (TPSA) is 75.6 Å². The van der Waals surface area contributed by atoms with E-state index in [9.17, 15) is 9.59 Å². The molecule has 0 bridgehead atoms. The van der Waals surface area contributed by atoms with Crippen LogP contribution in [0.4, 0.5) is 0 Å². The molecule has 5 nitrogen and oxygen atoms in total. The highest BCUT2D eigenvalue weighted by atomic mass is 16.5. The molecule has 0 spiro atoms. The van der Waals surface area contributed by atoms with Crippen LogP contribution in [-0.2, 0) is 14.3 Å². The zero-order valence-corrected chi connectivity index (χ0v) is 26.8. The Labute approximate surface area is 245 Å². The van der Waals surface area contributed by atoms with Crippen molar-refractivity contribution in [2.45, 2.75) is 149 Å². The zero-order valence-electron chi connectivity index (χ0n) is 26.8. The number of hydrogen-bond acceptors (Lipinski definition) is 3. The monoisotopic (exact) mass is 557 g/mol. The Morgan fingerprint density at radius 1 is 1.05 bits per heavy atom. The van der Waals surface area contributed by atoms with Crippen LogP contribution in [0, 0.1) is 17.3 Å². The van der Waals surface area contributed by atoms with E-state index in [1.54, 1.807) is 19.4 Å². The Balaban J connectivity index is 0.00000274. The Kier molecular flexibility index (Phi) is 13.2. The molecule has 1 amide bonds. The van der Waals surface area contributed by atoms with Crippen molar-refractivity contribution in [3.05, 3.63) is 35.5 Å². The standard InChI is InChI=1S/C33H53NO4.C2H6/c1-24-12-7-8-13-25(24)17-18-26-14-11-21-33(6)27(19-20-28(26)33)15-9-10-16-29(35)34-31(2,3)23-38-32(4,5)22-30(36)37;1-2/h17-18,27-28H,1,7-16,19-23H2,2-6H3,(H,34,35)(H,36,37);1-2H3/b25-17-,26-18+;. The van der Waals surface area contributed by atoms with Crippen molar-refractivity contribution in [3.63, 3.8) is 0 Å². The van der Waals surface area contributed by atoms with Gasteiger partial charge in [0, 0.05) is 6.42 Å². The number of unbranched alkanes of at least 4 members (excludes halogenated alkanes) is 1. The van der Waals surface area contributed by atoms with Crippen LogP contribution in [0.1, 0.15) is 138 Å². The molecule has 0 heterocycles. The predicted molar refractivity (Wildman–Crippen MR) is 166 cm³/mol. The minimum atomic E-state index is -0.886. The summed E-state index contributed by atoms with van der Waals surface area (Å²) in [5, 5.41) is 12.1. The maximum absolute atomic E-state index is 12.6. The van der Waals surface area contributed by atoms with E-state index in [1.165, 1.54) is 68.9 Å².